The molecule has 0 aromatic heterocycles. The molecule has 1 saturated heterocycles. The first kappa shape index (κ1) is 20.3. The van der Waals surface area contributed by atoms with Gasteiger partial charge in [-0.15, -0.1) is 0 Å². The molecule has 0 radical (unpaired) electrons. The maximum Gasteiger partial charge on any atom is 0.331 e. The molecule has 1 saturated carbocycles. The van der Waals surface area contributed by atoms with E-state index in [0.717, 1.165) is 17.6 Å². The van der Waals surface area contributed by atoms with Gasteiger partial charge in [-0.3, -0.25) is 0 Å². The molecular weight excluding hydrogens is 368 g/mol. The summed E-state index contributed by atoms with van der Waals surface area (Å²) in [5.41, 5.74) is 1.07. The van der Waals surface area contributed by atoms with Crippen molar-refractivity contribution in [2.45, 2.75) is 52.1 Å². The third kappa shape index (κ3) is 3.45. The Balaban J connectivity index is 1.63. The molecule has 1 heterocycles. The highest BCUT2D eigenvalue weighted by Gasteiger charge is 2.64. The minimum Gasteiger partial charge on any atom is -0.459 e. The van der Waals surface area contributed by atoms with Crippen LogP contribution in [0.2, 0.25) is 0 Å². The van der Waals surface area contributed by atoms with Crippen LogP contribution in [0.4, 0.5) is 0 Å². The Morgan fingerprint density at radius 3 is 2.66 bits per heavy atom. The number of hydrogen-bond acceptors (Lipinski definition) is 5. The highest BCUT2D eigenvalue weighted by Crippen LogP contribution is 2.62. The Hall–Kier alpha value is -1.95. The number of hydrogen-bond donors (Lipinski definition) is 2. The van der Waals surface area contributed by atoms with Gasteiger partial charge in [0.1, 0.15) is 6.10 Å². The number of fused-ring (bicyclic) bond motifs is 3. The van der Waals surface area contributed by atoms with E-state index in [1.165, 1.54) is 6.08 Å². The second-order valence-electron chi connectivity index (χ2n) is 9.45. The largest absolute Gasteiger partial charge is 0.459 e. The van der Waals surface area contributed by atoms with Crippen LogP contribution in [0.25, 0.3) is 6.08 Å². The van der Waals surface area contributed by atoms with E-state index < -0.39 is 29.9 Å². The van der Waals surface area contributed by atoms with Crippen molar-refractivity contribution >= 4 is 12.0 Å². The monoisotopic (exact) mass is 398 g/mol. The fourth-order valence-corrected chi connectivity index (χ4v) is 6.05. The number of carbonyl (C=O) groups excluding carboxylic acids is 1. The normalized spacial score (nSPS) is 38.2. The summed E-state index contributed by atoms with van der Waals surface area (Å²) < 4.78 is 11.5. The van der Waals surface area contributed by atoms with Gasteiger partial charge in [0.15, 0.2) is 6.29 Å². The third-order valence-electron chi connectivity index (χ3n) is 7.23. The van der Waals surface area contributed by atoms with Crippen molar-refractivity contribution in [3.63, 3.8) is 0 Å². The average molecular weight is 398 g/mol. The topological polar surface area (TPSA) is 76.0 Å². The van der Waals surface area contributed by atoms with E-state index in [4.69, 9.17) is 9.47 Å². The molecule has 1 aliphatic heterocycles. The molecule has 5 nitrogen and oxygen atoms in total. The molecule has 4 rings (SSSR count). The van der Waals surface area contributed by atoms with Gasteiger partial charge in [-0.2, -0.15) is 0 Å². The molecule has 3 aliphatic rings. The fraction of sp³-hybridized carbons (Fsp3) is 0.542. The summed E-state index contributed by atoms with van der Waals surface area (Å²) in [4.78, 5) is 12.6. The SMILES string of the molecule is CC1(C)CCC(OC(=O)C=Cc2ccccc2)C2(C)C3C(=CC(O)C12)COC3O. The molecule has 2 fully saturated rings. The second-order valence-corrected chi connectivity index (χ2v) is 9.45. The summed E-state index contributed by atoms with van der Waals surface area (Å²) in [5.74, 6) is -0.839. The molecule has 5 heteroatoms. The fourth-order valence-electron chi connectivity index (χ4n) is 6.05. The minimum atomic E-state index is -0.948. The van der Waals surface area contributed by atoms with E-state index in [2.05, 4.69) is 13.8 Å². The number of aliphatic hydroxyl groups excluding tert-OH is 2. The highest BCUT2D eigenvalue weighted by molar-refractivity contribution is 5.87. The molecule has 0 spiro atoms. The van der Waals surface area contributed by atoms with E-state index in [9.17, 15) is 15.0 Å². The highest BCUT2D eigenvalue weighted by atomic mass is 16.6. The van der Waals surface area contributed by atoms with Crippen molar-refractivity contribution in [3.8, 4) is 0 Å². The van der Waals surface area contributed by atoms with Crippen molar-refractivity contribution in [1.82, 2.24) is 0 Å². The van der Waals surface area contributed by atoms with Crippen molar-refractivity contribution < 1.29 is 24.5 Å². The number of esters is 1. The van der Waals surface area contributed by atoms with Gasteiger partial charge in [0.25, 0.3) is 0 Å². The van der Waals surface area contributed by atoms with Crippen molar-refractivity contribution in [1.29, 1.82) is 0 Å². The molecule has 0 bridgehead atoms. The van der Waals surface area contributed by atoms with Gasteiger partial charge in [-0.25, -0.2) is 4.79 Å². The minimum absolute atomic E-state index is 0.148. The summed E-state index contributed by atoms with van der Waals surface area (Å²) in [5, 5.41) is 21.6. The molecular formula is C24H30O5. The quantitative estimate of drug-likeness (QED) is 0.464. The van der Waals surface area contributed by atoms with Crippen LogP contribution in [0.1, 0.15) is 39.2 Å². The first-order chi connectivity index (χ1) is 13.7. The van der Waals surface area contributed by atoms with Crippen LogP contribution in [0, 0.1) is 22.7 Å². The molecule has 156 valence electrons. The zero-order valence-corrected chi connectivity index (χ0v) is 17.2. The Kier molecular flexibility index (Phi) is 5.18. The van der Waals surface area contributed by atoms with Gasteiger partial charge in [0.05, 0.1) is 12.7 Å². The van der Waals surface area contributed by atoms with Crippen LogP contribution in [-0.4, -0.2) is 41.3 Å². The predicted octanol–water partition coefficient (Wildman–Crippen LogP) is 3.32. The van der Waals surface area contributed by atoms with E-state index in [-0.39, 0.29) is 17.3 Å². The van der Waals surface area contributed by atoms with Crippen LogP contribution in [0.15, 0.2) is 48.1 Å². The lowest BCUT2D eigenvalue weighted by Crippen LogP contribution is -2.62. The smallest absolute Gasteiger partial charge is 0.331 e. The number of benzene rings is 1. The number of aliphatic hydroxyl groups is 2. The Labute approximate surface area is 172 Å². The molecule has 0 amide bonds. The molecule has 29 heavy (non-hydrogen) atoms. The summed E-state index contributed by atoms with van der Waals surface area (Å²) in [6.07, 6.45) is 4.54. The molecule has 1 aromatic rings. The predicted molar refractivity (Wildman–Crippen MR) is 110 cm³/mol. The molecule has 6 atom stereocenters. The van der Waals surface area contributed by atoms with E-state index in [1.54, 1.807) is 6.08 Å². The van der Waals surface area contributed by atoms with Crippen molar-refractivity contribution in [2.75, 3.05) is 6.61 Å². The maximum atomic E-state index is 12.6. The van der Waals surface area contributed by atoms with Crippen LogP contribution in [0.5, 0.6) is 0 Å². The Morgan fingerprint density at radius 2 is 1.93 bits per heavy atom. The number of carbonyl (C=O) groups is 1. The van der Waals surface area contributed by atoms with Gasteiger partial charge in [0.2, 0.25) is 0 Å². The summed E-state index contributed by atoms with van der Waals surface area (Å²) in [6.45, 7) is 6.64. The van der Waals surface area contributed by atoms with Crippen LogP contribution in [0.3, 0.4) is 0 Å². The van der Waals surface area contributed by atoms with Crippen molar-refractivity contribution in [2.24, 2.45) is 22.7 Å². The Bertz CT molecular complexity index is 827. The van der Waals surface area contributed by atoms with Crippen LogP contribution < -0.4 is 0 Å². The third-order valence-corrected chi connectivity index (χ3v) is 7.23. The molecule has 2 N–H and O–H groups in total. The lowest BCUT2D eigenvalue weighted by molar-refractivity contribution is -0.211. The average Bonchev–Trinajstić information content (AvgIpc) is 3.04. The van der Waals surface area contributed by atoms with Gasteiger partial charge < -0.3 is 19.7 Å². The zero-order valence-electron chi connectivity index (χ0n) is 17.2. The van der Waals surface area contributed by atoms with Crippen LogP contribution >= 0.6 is 0 Å². The summed E-state index contributed by atoms with van der Waals surface area (Å²) in [6, 6.07) is 9.60. The Morgan fingerprint density at radius 1 is 1.21 bits per heavy atom. The van der Waals surface area contributed by atoms with Crippen LogP contribution in [-0.2, 0) is 14.3 Å². The zero-order chi connectivity index (χ0) is 20.8. The molecule has 2 aliphatic carbocycles. The van der Waals surface area contributed by atoms with Gasteiger partial charge in [0, 0.05) is 23.3 Å². The summed E-state index contributed by atoms with van der Waals surface area (Å²) in [7, 11) is 0. The second kappa shape index (κ2) is 7.38. The number of rotatable bonds is 3. The summed E-state index contributed by atoms with van der Waals surface area (Å²) >= 11 is 0. The van der Waals surface area contributed by atoms with E-state index in [0.29, 0.717) is 13.0 Å². The molecule has 6 unspecified atom stereocenters. The first-order valence-electron chi connectivity index (χ1n) is 10.4. The van der Waals surface area contributed by atoms with Gasteiger partial charge in [-0.05, 0) is 35.5 Å². The standard InChI is InChI=1S/C24H30O5/c1-23(2)12-11-18(29-19(26)10-9-15-7-5-4-6-8-15)24(3)20-16(14-28-22(20)27)13-17(25)21(23)24/h4-10,13,17-18,20-22,25,27H,11-12,14H2,1-3H3. The van der Waals surface area contributed by atoms with Crippen molar-refractivity contribution in [3.05, 3.63) is 53.6 Å². The molecule has 1 aromatic carbocycles. The van der Waals surface area contributed by atoms with Gasteiger partial charge >= 0.3 is 5.97 Å². The van der Waals surface area contributed by atoms with Gasteiger partial charge in [-0.1, -0.05) is 57.2 Å². The lowest BCUT2D eigenvalue weighted by Gasteiger charge is -2.59. The number of ether oxygens (including phenoxy) is 2. The first-order valence-corrected chi connectivity index (χ1v) is 10.4. The van der Waals surface area contributed by atoms with E-state index >= 15 is 0 Å². The van der Waals surface area contributed by atoms with E-state index in [1.807, 2.05) is 43.3 Å². The maximum absolute atomic E-state index is 12.6. The lowest BCUT2D eigenvalue weighted by atomic mass is 9.47.